The Bertz CT molecular complexity index is 656. The van der Waals surface area contributed by atoms with Crippen molar-refractivity contribution in [2.24, 2.45) is 29.3 Å². The molecule has 0 aliphatic rings. The number of aromatic nitrogens is 2. The number of carbonyl (C=O) groups excluding carboxylic acids is 2. The molecule has 0 saturated heterocycles. The number of nitrogens with zero attached hydrogens (tertiary/aromatic N) is 2. The van der Waals surface area contributed by atoms with E-state index < -0.39 is 34.5 Å². The molecule has 1 aromatic heterocycles. The van der Waals surface area contributed by atoms with Crippen molar-refractivity contribution >= 4 is 18.0 Å². The van der Waals surface area contributed by atoms with Crippen molar-refractivity contribution in [1.82, 2.24) is 9.78 Å². The summed E-state index contributed by atoms with van der Waals surface area (Å²) in [5.74, 6) is -0.273. The molecule has 0 radical (unpaired) electrons. The van der Waals surface area contributed by atoms with Gasteiger partial charge in [-0.15, -0.1) is 0 Å². The van der Waals surface area contributed by atoms with Gasteiger partial charge in [-0.05, 0) is 0 Å². The van der Waals surface area contributed by atoms with Gasteiger partial charge in [0.1, 0.15) is 18.0 Å². The molecule has 0 saturated carbocycles. The van der Waals surface area contributed by atoms with Crippen LogP contribution in [0.5, 0.6) is 0 Å². The second-order valence-corrected chi connectivity index (χ2v) is 8.45. The summed E-state index contributed by atoms with van der Waals surface area (Å²) in [6.45, 7) is 11.4. The zero-order chi connectivity index (χ0) is 20.5. The zero-order valence-corrected chi connectivity index (χ0v) is 16.6. The van der Waals surface area contributed by atoms with Gasteiger partial charge in [0.2, 0.25) is 0 Å². The van der Waals surface area contributed by atoms with Gasteiger partial charge in [-0.3, -0.25) is 4.68 Å². The quantitative estimate of drug-likeness (QED) is 0.723. The van der Waals surface area contributed by atoms with Gasteiger partial charge in [0.15, 0.2) is 0 Å². The van der Waals surface area contributed by atoms with Crippen molar-refractivity contribution < 1.29 is 19.1 Å². The van der Waals surface area contributed by atoms with Gasteiger partial charge in [-0.25, -0.2) is 9.59 Å². The normalized spacial score (nSPS) is 14.0. The molecule has 1 heterocycles. The molecule has 1 atom stereocenters. The fourth-order valence-electron chi connectivity index (χ4n) is 4.03. The average molecular weight is 369 g/mol. The Morgan fingerprint density at radius 3 is 1.92 bits per heavy atom. The number of carbonyl (C=O) groups is 2. The topological polar surface area (TPSA) is 148 Å². The Balaban J connectivity index is 3.77. The molecular weight excluding hydrogens is 338 g/mol. The molecule has 0 fully saturated rings. The van der Waals surface area contributed by atoms with Gasteiger partial charge in [0, 0.05) is 23.4 Å². The molecule has 9 heteroatoms. The predicted octanol–water partition coefficient (Wildman–Crippen LogP) is 2.11. The summed E-state index contributed by atoms with van der Waals surface area (Å²) in [5, 5.41) is 4.17. The SMILES string of the molecule is Cn1ncc(C(COC(N)=O)C(OC(N)=O)(C(C)(C)C)C(C)(C)C)c1N. The number of anilines is 1. The van der Waals surface area contributed by atoms with E-state index in [2.05, 4.69) is 5.10 Å². The predicted molar refractivity (Wildman–Crippen MR) is 98.2 cm³/mol. The molecule has 148 valence electrons. The highest BCUT2D eigenvalue weighted by molar-refractivity contribution is 5.66. The highest BCUT2D eigenvalue weighted by Gasteiger charge is 2.60. The zero-order valence-electron chi connectivity index (χ0n) is 16.6. The maximum absolute atomic E-state index is 11.9. The van der Waals surface area contributed by atoms with Crippen LogP contribution in [0.15, 0.2) is 6.20 Å². The number of amides is 2. The molecule has 1 unspecified atom stereocenters. The second kappa shape index (κ2) is 7.05. The number of nitrogen functional groups attached to an aromatic ring is 1. The molecule has 0 aromatic carbocycles. The minimum atomic E-state index is -1.18. The lowest BCUT2D eigenvalue weighted by atomic mass is 9.55. The van der Waals surface area contributed by atoms with Crippen LogP contribution in [0.4, 0.5) is 15.4 Å². The Morgan fingerprint density at radius 1 is 1.12 bits per heavy atom. The molecule has 26 heavy (non-hydrogen) atoms. The van der Waals surface area contributed by atoms with E-state index in [4.69, 9.17) is 26.7 Å². The van der Waals surface area contributed by atoms with Gasteiger partial charge in [0.25, 0.3) is 0 Å². The van der Waals surface area contributed by atoms with Crippen molar-refractivity contribution in [3.05, 3.63) is 11.8 Å². The fraction of sp³-hybridized carbons (Fsp3) is 0.706. The van der Waals surface area contributed by atoms with Crippen molar-refractivity contribution in [3.8, 4) is 0 Å². The third kappa shape index (κ3) is 3.86. The van der Waals surface area contributed by atoms with Gasteiger partial charge in [-0.1, -0.05) is 41.5 Å². The summed E-state index contributed by atoms with van der Waals surface area (Å²) in [5.41, 5.74) is 15.0. The molecule has 9 nitrogen and oxygen atoms in total. The van der Waals surface area contributed by atoms with Crippen LogP contribution in [-0.2, 0) is 16.5 Å². The summed E-state index contributed by atoms with van der Waals surface area (Å²) in [4.78, 5) is 23.2. The minimum absolute atomic E-state index is 0.146. The number of hydrogen-bond acceptors (Lipinski definition) is 6. The van der Waals surface area contributed by atoms with Gasteiger partial charge < -0.3 is 26.7 Å². The number of primary amides is 2. The van der Waals surface area contributed by atoms with E-state index in [1.807, 2.05) is 41.5 Å². The van der Waals surface area contributed by atoms with E-state index in [0.717, 1.165) is 0 Å². The first-order valence-corrected chi connectivity index (χ1v) is 8.33. The molecule has 2 amide bonds. The molecule has 0 aliphatic carbocycles. The number of ether oxygens (including phenoxy) is 2. The molecule has 6 N–H and O–H groups in total. The Kier molecular flexibility index (Phi) is 5.85. The molecule has 0 spiro atoms. The Hall–Kier alpha value is -2.45. The summed E-state index contributed by atoms with van der Waals surface area (Å²) in [7, 11) is 1.69. The van der Waals surface area contributed by atoms with Crippen molar-refractivity contribution in [3.63, 3.8) is 0 Å². The largest absolute Gasteiger partial charge is 0.449 e. The Labute approximate surface area is 154 Å². The van der Waals surface area contributed by atoms with Crippen LogP contribution in [0.2, 0.25) is 0 Å². The molecule has 0 aliphatic heterocycles. The van der Waals surface area contributed by atoms with Gasteiger partial charge >= 0.3 is 12.2 Å². The number of hydrogen-bond donors (Lipinski definition) is 3. The lowest BCUT2D eigenvalue weighted by Gasteiger charge is -2.55. The lowest BCUT2D eigenvalue weighted by molar-refractivity contribution is -0.162. The average Bonchev–Trinajstić information content (AvgIpc) is 2.75. The maximum Gasteiger partial charge on any atom is 0.405 e. The van der Waals surface area contributed by atoms with Crippen molar-refractivity contribution in [2.75, 3.05) is 12.3 Å². The minimum Gasteiger partial charge on any atom is -0.449 e. The molecule has 0 bridgehead atoms. The van der Waals surface area contributed by atoms with Crippen LogP contribution in [0.1, 0.15) is 53.0 Å². The van der Waals surface area contributed by atoms with Crippen LogP contribution >= 0.6 is 0 Å². The standard InChI is InChI=1S/C17H31N5O4/c1-15(2,3)17(16(4,5)6,26-14(20)24)11(9-25-13(19)23)10-8-21-22(7)12(10)18/h8,11H,9,18H2,1-7H3,(H2,19,23)(H2,20,24). The van der Waals surface area contributed by atoms with Crippen molar-refractivity contribution in [2.45, 2.75) is 53.1 Å². The molecular formula is C17H31N5O4. The smallest absolute Gasteiger partial charge is 0.405 e. The maximum atomic E-state index is 11.9. The number of aryl methyl sites for hydroxylation is 1. The van der Waals surface area contributed by atoms with E-state index in [-0.39, 0.29) is 6.61 Å². The molecule has 1 rings (SSSR count). The highest BCUT2D eigenvalue weighted by Crippen LogP contribution is 2.55. The van der Waals surface area contributed by atoms with Crippen LogP contribution < -0.4 is 17.2 Å². The third-order valence-electron chi connectivity index (χ3n) is 4.76. The number of nitrogens with two attached hydrogens (primary N) is 3. The van der Waals surface area contributed by atoms with E-state index >= 15 is 0 Å². The van der Waals surface area contributed by atoms with Crippen LogP contribution in [0.25, 0.3) is 0 Å². The molecule has 1 aromatic rings. The lowest BCUT2D eigenvalue weighted by Crippen LogP contribution is -2.61. The summed E-state index contributed by atoms with van der Waals surface area (Å²) in [6, 6.07) is 0. The van der Waals surface area contributed by atoms with Crippen LogP contribution in [0, 0.1) is 10.8 Å². The van der Waals surface area contributed by atoms with Gasteiger partial charge in [0.05, 0.1) is 12.1 Å². The first kappa shape index (κ1) is 21.6. The highest BCUT2D eigenvalue weighted by atomic mass is 16.6. The first-order chi connectivity index (χ1) is 11.6. The fourth-order valence-corrected chi connectivity index (χ4v) is 4.03. The van der Waals surface area contributed by atoms with Crippen LogP contribution in [-0.4, -0.2) is 34.2 Å². The third-order valence-corrected chi connectivity index (χ3v) is 4.76. The monoisotopic (exact) mass is 369 g/mol. The summed E-state index contributed by atoms with van der Waals surface area (Å²) >= 11 is 0. The van der Waals surface area contributed by atoms with Gasteiger partial charge in [-0.2, -0.15) is 5.10 Å². The number of rotatable bonds is 5. The first-order valence-electron chi connectivity index (χ1n) is 8.33. The van der Waals surface area contributed by atoms with E-state index in [9.17, 15) is 9.59 Å². The Morgan fingerprint density at radius 2 is 1.62 bits per heavy atom. The van der Waals surface area contributed by atoms with Crippen LogP contribution in [0.3, 0.4) is 0 Å². The van der Waals surface area contributed by atoms with E-state index in [0.29, 0.717) is 11.4 Å². The second-order valence-electron chi connectivity index (χ2n) is 8.45. The van der Waals surface area contributed by atoms with E-state index in [1.54, 1.807) is 13.2 Å². The summed E-state index contributed by atoms with van der Waals surface area (Å²) < 4.78 is 12.4. The van der Waals surface area contributed by atoms with Crippen molar-refractivity contribution in [1.29, 1.82) is 0 Å². The summed E-state index contributed by atoms with van der Waals surface area (Å²) in [6.07, 6.45) is -0.296. The van der Waals surface area contributed by atoms with E-state index in [1.165, 1.54) is 4.68 Å².